The van der Waals surface area contributed by atoms with Gasteiger partial charge in [-0.05, 0) is 42.0 Å². The smallest absolute Gasteiger partial charge is 0.325 e. The van der Waals surface area contributed by atoms with Gasteiger partial charge in [-0.3, -0.25) is 14.4 Å². The number of esters is 1. The van der Waals surface area contributed by atoms with Gasteiger partial charge in [-0.15, -0.1) is 0 Å². The highest BCUT2D eigenvalue weighted by Crippen LogP contribution is 2.25. The normalized spacial score (nSPS) is 10.1. The first-order valence-electron chi connectivity index (χ1n) is 7.58. The Labute approximate surface area is 160 Å². The molecule has 0 fully saturated rings. The summed E-state index contributed by atoms with van der Waals surface area (Å²) >= 11 is 12.1. The van der Waals surface area contributed by atoms with Gasteiger partial charge in [0.1, 0.15) is 6.54 Å². The molecule has 0 aliphatic carbocycles. The Morgan fingerprint density at radius 2 is 1.62 bits per heavy atom. The molecule has 0 saturated carbocycles. The summed E-state index contributed by atoms with van der Waals surface area (Å²) in [5.74, 6) is -1.25. The van der Waals surface area contributed by atoms with E-state index < -0.39 is 11.9 Å². The van der Waals surface area contributed by atoms with Crippen LogP contribution in [0.4, 0.5) is 5.69 Å². The van der Waals surface area contributed by atoms with E-state index in [-0.39, 0.29) is 18.9 Å². The predicted octanol–water partition coefficient (Wildman–Crippen LogP) is 3.08. The molecule has 2 amide bonds. The first-order valence-corrected chi connectivity index (χ1v) is 8.34. The third-order valence-corrected chi connectivity index (χ3v) is 4.16. The molecule has 0 unspecified atom stereocenters. The third kappa shape index (κ3) is 5.47. The second-order valence-electron chi connectivity index (χ2n) is 5.26. The van der Waals surface area contributed by atoms with Gasteiger partial charge < -0.3 is 15.4 Å². The number of methoxy groups -OCH3 is 1. The van der Waals surface area contributed by atoms with Gasteiger partial charge in [0.05, 0.1) is 13.5 Å². The molecule has 0 aliphatic heterocycles. The molecule has 2 rings (SSSR count). The summed E-state index contributed by atoms with van der Waals surface area (Å²) in [6.45, 7) is -0.216. The molecule has 0 aliphatic rings. The summed E-state index contributed by atoms with van der Waals surface area (Å²) in [6, 6.07) is 11.3. The van der Waals surface area contributed by atoms with Crippen molar-refractivity contribution in [2.24, 2.45) is 0 Å². The number of anilines is 1. The molecule has 2 N–H and O–H groups in total. The van der Waals surface area contributed by atoms with E-state index in [9.17, 15) is 14.4 Å². The van der Waals surface area contributed by atoms with E-state index in [0.717, 1.165) is 0 Å². The fourth-order valence-corrected chi connectivity index (χ4v) is 2.63. The highest BCUT2D eigenvalue weighted by Gasteiger charge is 2.12. The number of rotatable bonds is 6. The van der Waals surface area contributed by atoms with Crippen molar-refractivity contribution >= 4 is 46.7 Å². The highest BCUT2D eigenvalue weighted by atomic mass is 35.5. The summed E-state index contributed by atoms with van der Waals surface area (Å²) in [5, 5.41) is 5.98. The zero-order valence-corrected chi connectivity index (χ0v) is 15.4. The van der Waals surface area contributed by atoms with Crippen molar-refractivity contribution in [3.05, 3.63) is 63.6 Å². The average molecular weight is 395 g/mol. The summed E-state index contributed by atoms with van der Waals surface area (Å²) < 4.78 is 4.44. The van der Waals surface area contributed by atoms with E-state index in [1.54, 1.807) is 30.3 Å². The molecule has 6 nitrogen and oxygen atoms in total. The van der Waals surface area contributed by atoms with Crippen molar-refractivity contribution in [1.29, 1.82) is 0 Å². The summed E-state index contributed by atoms with van der Waals surface area (Å²) in [5.41, 5.74) is 1.41. The van der Waals surface area contributed by atoms with Crippen molar-refractivity contribution in [1.82, 2.24) is 5.32 Å². The van der Waals surface area contributed by atoms with Crippen LogP contribution in [0.25, 0.3) is 0 Å². The van der Waals surface area contributed by atoms with Crippen LogP contribution in [-0.4, -0.2) is 31.4 Å². The van der Waals surface area contributed by atoms with Crippen LogP contribution in [0.5, 0.6) is 0 Å². The Morgan fingerprint density at radius 3 is 2.19 bits per heavy atom. The maximum atomic E-state index is 12.2. The second kappa shape index (κ2) is 9.22. The minimum absolute atomic E-state index is 0.0277. The molecule has 0 atom stereocenters. The van der Waals surface area contributed by atoms with Crippen LogP contribution in [0.15, 0.2) is 42.5 Å². The lowest BCUT2D eigenvalue weighted by Gasteiger charge is -2.09. The highest BCUT2D eigenvalue weighted by molar-refractivity contribution is 6.36. The monoisotopic (exact) mass is 394 g/mol. The lowest BCUT2D eigenvalue weighted by Crippen LogP contribution is -2.30. The van der Waals surface area contributed by atoms with Crippen LogP contribution in [0.1, 0.15) is 15.9 Å². The van der Waals surface area contributed by atoms with Crippen molar-refractivity contribution in [2.45, 2.75) is 6.42 Å². The number of carbonyl (C=O) groups excluding carboxylic acids is 3. The minimum atomic E-state index is -0.541. The van der Waals surface area contributed by atoms with Gasteiger partial charge in [0.25, 0.3) is 5.91 Å². The first kappa shape index (κ1) is 19.8. The summed E-state index contributed by atoms with van der Waals surface area (Å²) in [6.07, 6.45) is 0.0277. The average Bonchev–Trinajstić information content (AvgIpc) is 2.63. The molecule has 0 aromatic heterocycles. The Bertz CT molecular complexity index is 802. The van der Waals surface area contributed by atoms with Crippen LogP contribution in [0.3, 0.4) is 0 Å². The predicted molar refractivity (Wildman–Crippen MR) is 99.6 cm³/mol. The SMILES string of the molecule is COC(=O)CNC(=O)c1ccc(NC(=O)Cc2c(Cl)cccc2Cl)cc1. The molecule has 26 heavy (non-hydrogen) atoms. The number of halogens is 2. The Hall–Kier alpha value is -2.57. The molecule has 0 heterocycles. The van der Waals surface area contributed by atoms with Crippen molar-refractivity contribution in [2.75, 3.05) is 19.0 Å². The van der Waals surface area contributed by atoms with Crippen LogP contribution in [0, 0.1) is 0 Å². The molecule has 0 spiro atoms. The van der Waals surface area contributed by atoms with Crippen molar-refractivity contribution in [3.8, 4) is 0 Å². The van der Waals surface area contributed by atoms with E-state index in [1.807, 2.05) is 0 Å². The Kier molecular flexibility index (Phi) is 7.00. The van der Waals surface area contributed by atoms with Gasteiger partial charge in [0.2, 0.25) is 5.91 Å². The van der Waals surface area contributed by atoms with Crippen molar-refractivity contribution in [3.63, 3.8) is 0 Å². The number of amides is 2. The van der Waals surface area contributed by atoms with Crippen LogP contribution >= 0.6 is 23.2 Å². The number of hydrogen-bond donors (Lipinski definition) is 2. The first-order chi connectivity index (χ1) is 12.4. The lowest BCUT2D eigenvalue weighted by atomic mass is 10.1. The van der Waals surface area contributed by atoms with E-state index in [2.05, 4.69) is 15.4 Å². The second-order valence-corrected chi connectivity index (χ2v) is 6.08. The van der Waals surface area contributed by atoms with E-state index in [0.29, 0.717) is 26.9 Å². The Balaban J connectivity index is 1.95. The molecule has 0 saturated heterocycles. The zero-order valence-electron chi connectivity index (χ0n) is 13.8. The largest absolute Gasteiger partial charge is 0.468 e. The number of benzene rings is 2. The molecule has 136 valence electrons. The number of hydrogen-bond acceptors (Lipinski definition) is 4. The number of carbonyl (C=O) groups is 3. The van der Waals surface area contributed by atoms with Crippen LogP contribution < -0.4 is 10.6 Å². The number of ether oxygens (including phenoxy) is 1. The van der Waals surface area contributed by atoms with E-state index >= 15 is 0 Å². The quantitative estimate of drug-likeness (QED) is 0.737. The lowest BCUT2D eigenvalue weighted by molar-refractivity contribution is -0.139. The van der Waals surface area contributed by atoms with Gasteiger partial charge in [0.15, 0.2) is 0 Å². The molecule has 2 aromatic rings. The van der Waals surface area contributed by atoms with Gasteiger partial charge in [-0.2, -0.15) is 0 Å². The Morgan fingerprint density at radius 1 is 1.00 bits per heavy atom. The fourth-order valence-electron chi connectivity index (χ4n) is 2.10. The molecule has 0 bridgehead atoms. The van der Waals surface area contributed by atoms with Gasteiger partial charge in [0, 0.05) is 21.3 Å². The van der Waals surface area contributed by atoms with E-state index in [4.69, 9.17) is 23.2 Å². The molecular formula is C18H16Cl2N2O4. The van der Waals surface area contributed by atoms with Gasteiger partial charge in [-0.1, -0.05) is 29.3 Å². The van der Waals surface area contributed by atoms with Crippen LogP contribution in [0.2, 0.25) is 10.0 Å². The van der Waals surface area contributed by atoms with Gasteiger partial charge in [-0.25, -0.2) is 0 Å². The standard InChI is InChI=1S/C18H16Cl2N2O4/c1-26-17(24)10-21-18(25)11-5-7-12(8-6-11)22-16(23)9-13-14(19)3-2-4-15(13)20/h2-8H,9-10H2,1H3,(H,21,25)(H,22,23). The molecule has 0 radical (unpaired) electrons. The van der Waals surface area contributed by atoms with Crippen molar-refractivity contribution < 1.29 is 19.1 Å². The molecule has 8 heteroatoms. The van der Waals surface area contributed by atoms with Gasteiger partial charge >= 0.3 is 5.97 Å². The topological polar surface area (TPSA) is 84.5 Å². The molecule has 2 aromatic carbocycles. The maximum absolute atomic E-state index is 12.2. The number of nitrogens with one attached hydrogen (secondary N) is 2. The zero-order chi connectivity index (χ0) is 19.1. The third-order valence-electron chi connectivity index (χ3n) is 3.45. The summed E-state index contributed by atoms with van der Waals surface area (Å²) in [4.78, 5) is 35.1. The summed E-state index contributed by atoms with van der Waals surface area (Å²) in [7, 11) is 1.24. The maximum Gasteiger partial charge on any atom is 0.325 e. The molecular weight excluding hydrogens is 379 g/mol. The van der Waals surface area contributed by atoms with Crippen LogP contribution in [-0.2, 0) is 20.7 Å². The minimum Gasteiger partial charge on any atom is -0.468 e. The van der Waals surface area contributed by atoms with E-state index in [1.165, 1.54) is 19.2 Å². The fraction of sp³-hybridized carbons (Fsp3) is 0.167.